The summed E-state index contributed by atoms with van der Waals surface area (Å²) >= 11 is 0. The molecule has 0 aromatic rings. The molecule has 1 aliphatic rings. The van der Waals surface area contributed by atoms with Gasteiger partial charge in [0.1, 0.15) is 0 Å². The Labute approximate surface area is 125 Å². The van der Waals surface area contributed by atoms with Crippen LogP contribution in [0.4, 0.5) is 0 Å². The minimum atomic E-state index is -0.135. The fraction of sp³-hybridized carbons (Fsp3) is 1.00. The number of aliphatic hydroxyl groups excluding tert-OH is 1. The second-order valence-electron chi connectivity index (χ2n) is 6.97. The lowest BCUT2D eigenvalue weighted by Gasteiger charge is -2.32. The van der Waals surface area contributed by atoms with Crippen LogP contribution in [0, 0.1) is 0 Å². The van der Waals surface area contributed by atoms with Crippen LogP contribution in [0.5, 0.6) is 0 Å². The van der Waals surface area contributed by atoms with Gasteiger partial charge >= 0.3 is 0 Å². The Bertz CT molecular complexity index is 254. The largest absolute Gasteiger partial charge is 0.394 e. The van der Waals surface area contributed by atoms with Crippen molar-refractivity contribution in [3.05, 3.63) is 0 Å². The van der Waals surface area contributed by atoms with E-state index in [1.54, 1.807) is 0 Å². The summed E-state index contributed by atoms with van der Waals surface area (Å²) in [5.74, 6) is 0. The van der Waals surface area contributed by atoms with E-state index in [9.17, 15) is 5.11 Å². The van der Waals surface area contributed by atoms with Gasteiger partial charge in [-0.15, -0.1) is 0 Å². The van der Waals surface area contributed by atoms with Crippen LogP contribution < -0.4 is 5.32 Å². The monoisotopic (exact) mass is 285 g/mol. The predicted octanol–water partition coefficient (Wildman–Crippen LogP) is 1.54. The molecule has 1 aliphatic heterocycles. The molecule has 0 amide bonds. The summed E-state index contributed by atoms with van der Waals surface area (Å²) in [5.41, 5.74) is -0.135. The molecular weight excluding hydrogens is 250 g/mol. The summed E-state index contributed by atoms with van der Waals surface area (Å²) in [6.07, 6.45) is 4.90. The van der Waals surface area contributed by atoms with Crippen LogP contribution in [0.1, 0.15) is 46.5 Å². The normalized spacial score (nSPS) is 19.9. The van der Waals surface area contributed by atoms with E-state index in [1.165, 1.54) is 32.5 Å². The Balaban J connectivity index is 2.14. The topological polar surface area (TPSA) is 38.7 Å². The Hall–Kier alpha value is -0.160. The van der Waals surface area contributed by atoms with Crippen LogP contribution in [-0.4, -0.2) is 72.9 Å². The summed E-state index contributed by atoms with van der Waals surface area (Å²) in [6.45, 7) is 12.7. The van der Waals surface area contributed by atoms with Gasteiger partial charge in [0.15, 0.2) is 0 Å². The number of rotatable bonds is 10. The predicted molar refractivity (Wildman–Crippen MR) is 86.2 cm³/mol. The van der Waals surface area contributed by atoms with Crippen LogP contribution in [0.25, 0.3) is 0 Å². The van der Waals surface area contributed by atoms with Gasteiger partial charge in [-0.2, -0.15) is 0 Å². The molecule has 1 saturated heterocycles. The second-order valence-corrected chi connectivity index (χ2v) is 6.97. The Morgan fingerprint density at radius 2 is 1.90 bits per heavy atom. The van der Waals surface area contributed by atoms with Gasteiger partial charge in [0.25, 0.3) is 0 Å². The van der Waals surface area contributed by atoms with Gasteiger partial charge in [-0.3, -0.25) is 0 Å². The Morgan fingerprint density at radius 1 is 1.25 bits per heavy atom. The number of nitrogens with zero attached hydrogens (tertiary/aromatic N) is 2. The molecule has 0 spiro atoms. The molecule has 0 aliphatic carbocycles. The van der Waals surface area contributed by atoms with E-state index in [-0.39, 0.29) is 12.1 Å². The standard InChI is InChI=1S/C16H35N3O/c1-15(2)17-16(3,14-20)8-7-9-18(4)12-13-19-10-5-6-11-19/h15,17,20H,5-14H2,1-4H3. The summed E-state index contributed by atoms with van der Waals surface area (Å²) in [5, 5.41) is 13.0. The van der Waals surface area contributed by atoms with Crippen molar-refractivity contribution in [1.29, 1.82) is 0 Å². The molecule has 20 heavy (non-hydrogen) atoms. The number of hydrogen-bond acceptors (Lipinski definition) is 4. The van der Waals surface area contributed by atoms with Crippen molar-refractivity contribution in [1.82, 2.24) is 15.1 Å². The Morgan fingerprint density at radius 3 is 2.45 bits per heavy atom. The molecule has 0 saturated carbocycles. The number of likely N-dealkylation sites (N-methyl/N-ethyl adjacent to an activating group) is 1. The molecule has 120 valence electrons. The molecule has 0 radical (unpaired) electrons. The molecule has 4 heteroatoms. The molecule has 1 unspecified atom stereocenters. The first-order valence-corrected chi connectivity index (χ1v) is 8.25. The molecule has 2 N–H and O–H groups in total. The summed E-state index contributed by atoms with van der Waals surface area (Å²) in [4.78, 5) is 4.99. The third-order valence-electron chi connectivity index (χ3n) is 4.25. The number of nitrogens with one attached hydrogen (secondary N) is 1. The van der Waals surface area contributed by atoms with E-state index in [2.05, 4.69) is 42.9 Å². The molecule has 1 atom stereocenters. The zero-order valence-corrected chi connectivity index (χ0v) is 14.0. The minimum Gasteiger partial charge on any atom is -0.394 e. The van der Waals surface area contributed by atoms with Gasteiger partial charge in [0.2, 0.25) is 0 Å². The zero-order valence-electron chi connectivity index (χ0n) is 14.0. The number of aliphatic hydroxyl groups is 1. The minimum absolute atomic E-state index is 0.135. The maximum absolute atomic E-state index is 9.56. The first-order valence-electron chi connectivity index (χ1n) is 8.25. The third kappa shape index (κ3) is 7.02. The average molecular weight is 285 g/mol. The van der Waals surface area contributed by atoms with Gasteiger partial charge in [-0.1, -0.05) is 13.8 Å². The second kappa shape index (κ2) is 8.98. The highest BCUT2D eigenvalue weighted by Gasteiger charge is 2.23. The zero-order chi connectivity index (χ0) is 15.0. The van der Waals surface area contributed by atoms with Crippen LogP contribution in [0.2, 0.25) is 0 Å². The SMILES string of the molecule is CC(C)NC(C)(CO)CCCN(C)CCN1CCCC1. The molecule has 0 bridgehead atoms. The molecule has 4 nitrogen and oxygen atoms in total. The molecular formula is C16H35N3O. The first-order chi connectivity index (χ1) is 9.45. The highest BCUT2D eigenvalue weighted by Crippen LogP contribution is 2.13. The number of likely N-dealkylation sites (tertiary alicyclic amines) is 1. The molecule has 1 heterocycles. The molecule has 1 fully saturated rings. The maximum Gasteiger partial charge on any atom is 0.0610 e. The van der Waals surface area contributed by atoms with Gasteiger partial charge < -0.3 is 20.2 Å². The van der Waals surface area contributed by atoms with Crippen molar-refractivity contribution in [2.24, 2.45) is 0 Å². The maximum atomic E-state index is 9.56. The van der Waals surface area contributed by atoms with Gasteiger partial charge in [-0.05, 0) is 59.3 Å². The van der Waals surface area contributed by atoms with E-state index in [0.29, 0.717) is 6.04 Å². The third-order valence-corrected chi connectivity index (χ3v) is 4.25. The van der Waals surface area contributed by atoms with Crippen molar-refractivity contribution < 1.29 is 5.11 Å². The fourth-order valence-corrected chi connectivity index (χ4v) is 3.06. The quantitative estimate of drug-likeness (QED) is 0.639. The summed E-state index contributed by atoms with van der Waals surface area (Å²) in [7, 11) is 2.21. The van der Waals surface area contributed by atoms with Crippen LogP contribution >= 0.6 is 0 Å². The van der Waals surface area contributed by atoms with E-state index in [0.717, 1.165) is 25.9 Å². The van der Waals surface area contributed by atoms with Crippen molar-refractivity contribution in [2.75, 3.05) is 46.4 Å². The molecule has 0 aromatic heterocycles. The fourth-order valence-electron chi connectivity index (χ4n) is 3.06. The van der Waals surface area contributed by atoms with Gasteiger partial charge in [0.05, 0.1) is 6.61 Å². The van der Waals surface area contributed by atoms with E-state index >= 15 is 0 Å². The summed E-state index contributed by atoms with van der Waals surface area (Å²) < 4.78 is 0. The van der Waals surface area contributed by atoms with Gasteiger partial charge in [-0.25, -0.2) is 0 Å². The molecule has 1 rings (SSSR count). The first kappa shape index (κ1) is 17.9. The van der Waals surface area contributed by atoms with E-state index in [1.807, 2.05) is 0 Å². The van der Waals surface area contributed by atoms with E-state index in [4.69, 9.17) is 0 Å². The lowest BCUT2D eigenvalue weighted by Crippen LogP contribution is -2.49. The van der Waals surface area contributed by atoms with Crippen molar-refractivity contribution in [3.8, 4) is 0 Å². The smallest absolute Gasteiger partial charge is 0.0610 e. The summed E-state index contributed by atoms with van der Waals surface area (Å²) in [6, 6.07) is 0.417. The van der Waals surface area contributed by atoms with Gasteiger partial charge in [0, 0.05) is 24.7 Å². The number of hydrogen-bond donors (Lipinski definition) is 2. The van der Waals surface area contributed by atoms with Crippen LogP contribution in [0.15, 0.2) is 0 Å². The average Bonchev–Trinajstić information content (AvgIpc) is 2.88. The van der Waals surface area contributed by atoms with Crippen molar-refractivity contribution in [2.45, 2.75) is 58.0 Å². The Kier molecular flexibility index (Phi) is 8.03. The van der Waals surface area contributed by atoms with Crippen LogP contribution in [-0.2, 0) is 0 Å². The lowest BCUT2D eigenvalue weighted by molar-refractivity contribution is 0.149. The lowest BCUT2D eigenvalue weighted by atomic mass is 9.95. The van der Waals surface area contributed by atoms with Crippen molar-refractivity contribution in [3.63, 3.8) is 0 Å². The highest BCUT2D eigenvalue weighted by atomic mass is 16.3. The molecule has 0 aromatic carbocycles. The van der Waals surface area contributed by atoms with Crippen LogP contribution in [0.3, 0.4) is 0 Å². The highest BCUT2D eigenvalue weighted by molar-refractivity contribution is 4.84. The van der Waals surface area contributed by atoms with E-state index < -0.39 is 0 Å². The van der Waals surface area contributed by atoms with Crippen molar-refractivity contribution >= 4 is 0 Å².